The van der Waals surface area contributed by atoms with Crippen LogP contribution in [0.3, 0.4) is 0 Å². The molecule has 0 aliphatic heterocycles. The molecule has 2 nitrogen and oxygen atoms in total. The van der Waals surface area contributed by atoms with Crippen molar-refractivity contribution in [3.8, 4) is 0 Å². The van der Waals surface area contributed by atoms with Crippen LogP contribution in [-0.4, -0.2) is 17.0 Å². The molecule has 0 aromatic rings. The van der Waals surface area contributed by atoms with Crippen LogP contribution in [-0.2, 0) is 4.79 Å². The summed E-state index contributed by atoms with van der Waals surface area (Å²) in [6.07, 6.45) is 14.8. The molecule has 0 aromatic heterocycles. The zero-order chi connectivity index (χ0) is 17.9. The number of aliphatic hydroxyl groups is 1. The van der Waals surface area contributed by atoms with Crippen molar-refractivity contribution in [1.82, 2.24) is 0 Å². The fourth-order valence-electron chi connectivity index (χ4n) is 8.41. The molecular weight excluding hydrogens is 308 g/mol. The minimum absolute atomic E-state index is 0.267. The number of hydrogen-bond donors (Lipinski definition) is 1. The Bertz CT molecular complexity index is 526. The third kappa shape index (κ3) is 2.57. The van der Waals surface area contributed by atoms with Crippen LogP contribution >= 0.6 is 0 Å². The van der Waals surface area contributed by atoms with Gasteiger partial charge < -0.3 is 9.90 Å². The maximum Gasteiger partial charge on any atom is 0.123 e. The summed E-state index contributed by atoms with van der Waals surface area (Å²) in [6.45, 7) is 6.92. The predicted molar refractivity (Wildman–Crippen MR) is 101 cm³/mol. The molecule has 4 aliphatic carbocycles. The Labute approximate surface area is 154 Å². The average molecular weight is 347 g/mol. The molecule has 0 unspecified atom stereocenters. The van der Waals surface area contributed by atoms with E-state index in [-0.39, 0.29) is 5.41 Å². The number of fused-ring (bicyclic) bond motifs is 5. The van der Waals surface area contributed by atoms with E-state index in [1.165, 1.54) is 57.7 Å². The summed E-state index contributed by atoms with van der Waals surface area (Å²) in [5.41, 5.74) is 0.302. The molecule has 1 N–H and O–H groups in total. The summed E-state index contributed by atoms with van der Waals surface area (Å²) in [5.74, 6) is 3.46. The SMILES string of the molecule is CC[C@]12CC[C@@](C)(O)C[C@H]1CC[C@H]1[C@@H]3CCC[C@H](C=O)[C@@]3(C)CC[C@@H]12. The van der Waals surface area contributed by atoms with E-state index in [4.69, 9.17) is 0 Å². The van der Waals surface area contributed by atoms with Gasteiger partial charge in [0.2, 0.25) is 0 Å². The highest BCUT2D eigenvalue weighted by Crippen LogP contribution is 2.67. The lowest BCUT2D eigenvalue weighted by molar-refractivity contribution is -0.172. The van der Waals surface area contributed by atoms with Gasteiger partial charge in [-0.2, -0.15) is 0 Å². The zero-order valence-corrected chi connectivity index (χ0v) is 16.6. The van der Waals surface area contributed by atoms with E-state index in [1.807, 2.05) is 0 Å². The Morgan fingerprint density at radius 1 is 1.00 bits per heavy atom. The first-order chi connectivity index (χ1) is 11.9. The van der Waals surface area contributed by atoms with E-state index < -0.39 is 5.60 Å². The molecule has 142 valence electrons. The van der Waals surface area contributed by atoms with Crippen LogP contribution in [0.2, 0.25) is 0 Å². The van der Waals surface area contributed by atoms with Gasteiger partial charge in [-0.25, -0.2) is 0 Å². The van der Waals surface area contributed by atoms with Crippen molar-refractivity contribution >= 4 is 6.29 Å². The summed E-state index contributed by atoms with van der Waals surface area (Å²) in [4.78, 5) is 11.8. The second-order valence-corrected chi connectivity index (χ2v) is 10.7. The molecular formula is C23H38O2. The van der Waals surface area contributed by atoms with E-state index in [0.29, 0.717) is 11.3 Å². The standard InChI is InChI=1S/C23H38O2/c1-4-23-13-12-21(2,25)14-16(23)8-9-18-19-7-5-6-17(15-24)22(19,3)11-10-20(18)23/h15-20,25H,4-14H2,1-3H3/t16-,17-,18+,19+,20+,21-,22-,23+/m1/s1. The van der Waals surface area contributed by atoms with Gasteiger partial charge in [0, 0.05) is 5.92 Å². The van der Waals surface area contributed by atoms with Crippen molar-refractivity contribution in [3.63, 3.8) is 0 Å². The smallest absolute Gasteiger partial charge is 0.123 e. The van der Waals surface area contributed by atoms with Crippen molar-refractivity contribution in [2.24, 2.45) is 40.4 Å². The first-order valence-corrected chi connectivity index (χ1v) is 11.0. The summed E-state index contributed by atoms with van der Waals surface area (Å²) in [5, 5.41) is 10.7. The Morgan fingerprint density at radius 2 is 1.80 bits per heavy atom. The maximum atomic E-state index is 11.8. The summed E-state index contributed by atoms with van der Waals surface area (Å²) >= 11 is 0. The minimum Gasteiger partial charge on any atom is -0.390 e. The van der Waals surface area contributed by atoms with Gasteiger partial charge in [0.25, 0.3) is 0 Å². The number of carbonyl (C=O) groups is 1. The van der Waals surface area contributed by atoms with Crippen LogP contribution in [0.4, 0.5) is 0 Å². The Balaban J connectivity index is 1.65. The molecule has 0 saturated heterocycles. The highest BCUT2D eigenvalue weighted by Gasteiger charge is 2.60. The van der Waals surface area contributed by atoms with Crippen LogP contribution in [0, 0.1) is 40.4 Å². The van der Waals surface area contributed by atoms with Gasteiger partial charge in [-0.15, -0.1) is 0 Å². The second-order valence-electron chi connectivity index (χ2n) is 10.7. The fourth-order valence-corrected chi connectivity index (χ4v) is 8.41. The number of carbonyl (C=O) groups excluding carboxylic acids is 1. The van der Waals surface area contributed by atoms with E-state index in [0.717, 1.165) is 42.9 Å². The molecule has 0 amide bonds. The highest BCUT2D eigenvalue weighted by molar-refractivity contribution is 5.55. The van der Waals surface area contributed by atoms with Gasteiger partial charge >= 0.3 is 0 Å². The second kappa shape index (κ2) is 6.08. The van der Waals surface area contributed by atoms with Crippen molar-refractivity contribution in [3.05, 3.63) is 0 Å². The fraction of sp³-hybridized carbons (Fsp3) is 0.957. The molecule has 0 radical (unpaired) electrons. The van der Waals surface area contributed by atoms with Crippen LogP contribution in [0.5, 0.6) is 0 Å². The van der Waals surface area contributed by atoms with E-state index in [2.05, 4.69) is 20.8 Å². The van der Waals surface area contributed by atoms with Gasteiger partial charge in [0.1, 0.15) is 6.29 Å². The molecule has 0 aromatic carbocycles. The van der Waals surface area contributed by atoms with Gasteiger partial charge in [0.05, 0.1) is 5.60 Å². The first kappa shape index (κ1) is 18.0. The minimum atomic E-state index is -0.438. The molecule has 4 aliphatic rings. The molecule has 0 bridgehead atoms. The van der Waals surface area contributed by atoms with Gasteiger partial charge in [-0.05, 0) is 106 Å². The quantitative estimate of drug-likeness (QED) is 0.682. The monoisotopic (exact) mass is 346 g/mol. The van der Waals surface area contributed by atoms with Gasteiger partial charge in [-0.3, -0.25) is 0 Å². The Hall–Kier alpha value is -0.370. The maximum absolute atomic E-state index is 11.8. The first-order valence-electron chi connectivity index (χ1n) is 11.0. The lowest BCUT2D eigenvalue weighted by Gasteiger charge is -2.65. The van der Waals surface area contributed by atoms with E-state index in [1.54, 1.807) is 0 Å². The predicted octanol–water partition coefficient (Wildman–Crippen LogP) is 5.38. The van der Waals surface area contributed by atoms with E-state index >= 15 is 0 Å². The molecule has 4 saturated carbocycles. The topological polar surface area (TPSA) is 37.3 Å². The van der Waals surface area contributed by atoms with Gasteiger partial charge in [-0.1, -0.05) is 20.3 Å². The highest BCUT2D eigenvalue weighted by atomic mass is 16.3. The Morgan fingerprint density at radius 3 is 2.52 bits per heavy atom. The lowest BCUT2D eigenvalue weighted by Crippen LogP contribution is -2.58. The van der Waals surface area contributed by atoms with Gasteiger partial charge in [0.15, 0.2) is 0 Å². The van der Waals surface area contributed by atoms with Crippen molar-refractivity contribution in [1.29, 1.82) is 0 Å². The van der Waals surface area contributed by atoms with Crippen molar-refractivity contribution in [2.75, 3.05) is 0 Å². The largest absolute Gasteiger partial charge is 0.390 e. The molecule has 0 spiro atoms. The molecule has 25 heavy (non-hydrogen) atoms. The summed E-state index contributed by atoms with van der Waals surface area (Å²) in [6, 6.07) is 0. The molecule has 2 heteroatoms. The van der Waals surface area contributed by atoms with Crippen LogP contribution in [0.25, 0.3) is 0 Å². The van der Waals surface area contributed by atoms with Crippen molar-refractivity contribution < 1.29 is 9.90 Å². The third-order valence-corrected chi connectivity index (χ3v) is 9.79. The molecule has 0 heterocycles. The van der Waals surface area contributed by atoms with Crippen LogP contribution in [0.1, 0.15) is 91.4 Å². The normalized spacial score (nSPS) is 55.6. The molecule has 4 fully saturated rings. The van der Waals surface area contributed by atoms with Crippen LogP contribution in [0.15, 0.2) is 0 Å². The lowest BCUT2D eigenvalue weighted by atomic mass is 9.40. The van der Waals surface area contributed by atoms with E-state index in [9.17, 15) is 9.90 Å². The third-order valence-electron chi connectivity index (χ3n) is 9.79. The molecule has 8 atom stereocenters. The van der Waals surface area contributed by atoms with Crippen LogP contribution < -0.4 is 0 Å². The van der Waals surface area contributed by atoms with Crippen molar-refractivity contribution in [2.45, 2.75) is 97.0 Å². The average Bonchev–Trinajstić information content (AvgIpc) is 2.59. The zero-order valence-electron chi connectivity index (χ0n) is 16.6. The molecule has 4 rings (SSSR count). The number of aldehydes is 1. The summed E-state index contributed by atoms with van der Waals surface area (Å²) < 4.78 is 0. The number of hydrogen-bond acceptors (Lipinski definition) is 2. The Kier molecular flexibility index (Phi) is 4.38. The summed E-state index contributed by atoms with van der Waals surface area (Å²) in [7, 11) is 0. The number of rotatable bonds is 2.